The van der Waals surface area contributed by atoms with E-state index in [0.29, 0.717) is 22.4 Å². The molecule has 11 heteroatoms. The number of carbonyl (C=O) groups excluding carboxylic acids is 1. The first-order valence-electron chi connectivity index (χ1n) is 4.70. The van der Waals surface area contributed by atoms with E-state index in [-0.39, 0.29) is 5.56 Å². The predicted molar refractivity (Wildman–Crippen MR) is 91.6 cm³/mol. The standard InChI is InChI=1S/C9H5Br5O5S/c10-4-3(5(11)7(13)8(14)6(4)12)9(15)19-1-2-20(16,17)18/h1-2H2,(H,16,17,18). The molecule has 1 aromatic rings. The van der Waals surface area contributed by atoms with E-state index in [0.717, 1.165) is 0 Å². The first kappa shape index (κ1) is 19.0. The Kier molecular flexibility index (Phi) is 7.16. The molecule has 0 atom stereocenters. The Labute approximate surface area is 157 Å². The van der Waals surface area contributed by atoms with Gasteiger partial charge in [0, 0.05) is 22.4 Å². The molecule has 0 aliphatic rings. The number of esters is 1. The van der Waals surface area contributed by atoms with Crippen molar-refractivity contribution in [2.24, 2.45) is 0 Å². The summed E-state index contributed by atoms with van der Waals surface area (Å²) in [5.41, 5.74) is 0.183. The fraction of sp³-hybridized carbons (Fsp3) is 0.222. The highest BCUT2D eigenvalue weighted by atomic mass is 79.9. The summed E-state index contributed by atoms with van der Waals surface area (Å²) in [7, 11) is -4.17. The number of rotatable bonds is 4. The van der Waals surface area contributed by atoms with Crippen LogP contribution in [0, 0.1) is 0 Å². The van der Waals surface area contributed by atoms with Gasteiger partial charge in [0.15, 0.2) is 0 Å². The lowest BCUT2D eigenvalue weighted by molar-refractivity contribution is 0.0526. The van der Waals surface area contributed by atoms with Crippen LogP contribution in [0.1, 0.15) is 10.4 Å². The van der Waals surface area contributed by atoms with E-state index in [1.165, 1.54) is 0 Å². The minimum absolute atomic E-state index is 0.183. The van der Waals surface area contributed by atoms with Crippen LogP contribution in [0.4, 0.5) is 0 Å². The maximum absolute atomic E-state index is 12.0. The third-order valence-electron chi connectivity index (χ3n) is 1.99. The Balaban J connectivity index is 3.06. The second kappa shape index (κ2) is 7.51. The van der Waals surface area contributed by atoms with Gasteiger partial charge >= 0.3 is 5.97 Å². The number of benzene rings is 1. The molecule has 1 N–H and O–H groups in total. The second-order valence-electron chi connectivity index (χ2n) is 3.37. The zero-order chi connectivity index (χ0) is 15.7. The van der Waals surface area contributed by atoms with Crippen molar-refractivity contribution in [3.8, 4) is 0 Å². The molecular formula is C9H5Br5O5S. The van der Waals surface area contributed by atoms with E-state index in [2.05, 4.69) is 79.6 Å². The lowest BCUT2D eigenvalue weighted by Gasteiger charge is -2.12. The van der Waals surface area contributed by atoms with Gasteiger partial charge in [-0.25, -0.2) is 4.79 Å². The van der Waals surface area contributed by atoms with E-state index < -0.39 is 28.4 Å². The Bertz CT molecular complexity index is 628. The molecule has 0 spiro atoms. The van der Waals surface area contributed by atoms with E-state index in [1.807, 2.05) is 0 Å². The number of hydrogen-bond acceptors (Lipinski definition) is 4. The first-order valence-corrected chi connectivity index (χ1v) is 10.3. The quantitative estimate of drug-likeness (QED) is 0.230. The zero-order valence-corrected chi connectivity index (χ0v) is 18.0. The molecular weight excluding hydrogens is 620 g/mol. The molecule has 0 saturated heterocycles. The van der Waals surface area contributed by atoms with Crippen LogP contribution in [0.2, 0.25) is 0 Å². The second-order valence-corrected chi connectivity index (χ2v) is 8.90. The van der Waals surface area contributed by atoms with Crippen LogP contribution < -0.4 is 0 Å². The van der Waals surface area contributed by atoms with Gasteiger partial charge in [0.25, 0.3) is 10.1 Å². The SMILES string of the molecule is O=C(OCCS(=O)(=O)O)c1c(Br)c(Br)c(Br)c(Br)c1Br. The molecule has 112 valence electrons. The van der Waals surface area contributed by atoms with E-state index in [1.54, 1.807) is 0 Å². The van der Waals surface area contributed by atoms with Crippen LogP contribution in [0.25, 0.3) is 0 Å². The average Bonchev–Trinajstić information content (AvgIpc) is 2.32. The molecule has 1 aromatic carbocycles. The molecule has 0 amide bonds. The van der Waals surface area contributed by atoms with Crippen LogP contribution in [-0.4, -0.2) is 31.3 Å². The zero-order valence-electron chi connectivity index (χ0n) is 9.29. The highest BCUT2D eigenvalue weighted by Crippen LogP contribution is 2.44. The van der Waals surface area contributed by atoms with Gasteiger partial charge in [0.05, 0.1) is 5.56 Å². The molecule has 0 fully saturated rings. The number of hydrogen-bond donors (Lipinski definition) is 1. The summed E-state index contributed by atoms with van der Waals surface area (Å²) in [4.78, 5) is 12.0. The highest BCUT2D eigenvalue weighted by Gasteiger charge is 2.24. The lowest BCUT2D eigenvalue weighted by atomic mass is 10.2. The lowest BCUT2D eigenvalue weighted by Crippen LogP contribution is -2.15. The summed E-state index contributed by atoms with van der Waals surface area (Å²) < 4.78 is 37.3. The maximum Gasteiger partial charge on any atom is 0.340 e. The van der Waals surface area contributed by atoms with Crippen LogP contribution in [0.3, 0.4) is 0 Å². The van der Waals surface area contributed by atoms with Crippen molar-refractivity contribution in [2.45, 2.75) is 0 Å². The normalized spacial score (nSPS) is 11.5. The molecule has 0 saturated carbocycles. The van der Waals surface area contributed by atoms with Gasteiger partial charge < -0.3 is 4.74 Å². The molecule has 0 aromatic heterocycles. The number of ether oxygens (including phenoxy) is 1. The maximum atomic E-state index is 12.0. The van der Waals surface area contributed by atoms with E-state index in [4.69, 9.17) is 9.29 Å². The minimum atomic E-state index is -4.17. The predicted octanol–water partition coefficient (Wildman–Crippen LogP) is 4.54. The summed E-state index contributed by atoms with van der Waals surface area (Å²) in [6.45, 7) is -0.443. The molecule has 0 aliphatic heterocycles. The van der Waals surface area contributed by atoms with Crippen molar-refractivity contribution < 1.29 is 22.5 Å². The molecule has 0 radical (unpaired) electrons. The third kappa shape index (κ3) is 4.75. The molecule has 0 aliphatic carbocycles. The average molecular weight is 625 g/mol. The topological polar surface area (TPSA) is 80.7 Å². The number of carbonyl (C=O) groups is 1. The minimum Gasteiger partial charge on any atom is -0.461 e. The van der Waals surface area contributed by atoms with Gasteiger partial charge in [-0.1, -0.05) is 0 Å². The summed E-state index contributed by atoms with van der Waals surface area (Å²) in [6, 6.07) is 0. The fourth-order valence-corrected chi connectivity index (χ4v) is 4.76. The molecule has 1 rings (SSSR count). The van der Waals surface area contributed by atoms with Crippen LogP contribution >= 0.6 is 79.6 Å². The van der Waals surface area contributed by atoms with Crippen molar-refractivity contribution in [1.29, 1.82) is 0 Å². The Morgan fingerprint density at radius 2 is 1.35 bits per heavy atom. The summed E-state index contributed by atoms with van der Waals surface area (Å²) in [6.07, 6.45) is 0. The van der Waals surface area contributed by atoms with Gasteiger partial charge in [0.2, 0.25) is 0 Å². The Hall–Kier alpha value is 1.000. The molecule has 0 bridgehead atoms. The van der Waals surface area contributed by atoms with Gasteiger partial charge in [-0.3, -0.25) is 4.55 Å². The third-order valence-corrected chi connectivity index (χ3v) is 8.76. The molecule has 20 heavy (non-hydrogen) atoms. The van der Waals surface area contributed by atoms with Crippen molar-refractivity contribution >= 4 is 95.7 Å². The first-order chi connectivity index (χ1) is 9.06. The van der Waals surface area contributed by atoms with Gasteiger partial charge in [-0.05, 0) is 79.6 Å². The Morgan fingerprint density at radius 3 is 1.75 bits per heavy atom. The number of halogens is 5. The van der Waals surface area contributed by atoms with E-state index in [9.17, 15) is 13.2 Å². The monoisotopic (exact) mass is 620 g/mol. The van der Waals surface area contributed by atoms with Crippen LogP contribution in [0.5, 0.6) is 0 Å². The van der Waals surface area contributed by atoms with Gasteiger partial charge in [0.1, 0.15) is 12.4 Å². The smallest absolute Gasteiger partial charge is 0.340 e. The van der Waals surface area contributed by atoms with Crippen molar-refractivity contribution in [3.05, 3.63) is 27.9 Å². The summed E-state index contributed by atoms with van der Waals surface area (Å²) in [5, 5.41) is 0. The van der Waals surface area contributed by atoms with Crippen molar-refractivity contribution in [1.82, 2.24) is 0 Å². The summed E-state index contributed by atoms with van der Waals surface area (Å²) in [5.74, 6) is -1.39. The van der Waals surface area contributed by atoms with Gasteiger partial charge in [-0.15, -0.1) is 0 Å². The van der Waals surface area contributed by atoms with Crippen molar-refractivity contribution in [2.75, 3.05) is 12.4 Å². The van der Waals surface area contributed by atoms with Crippen LogP contribution in [0.15, 0.2) is 22.4 Å². The molecule has 0 heterocycles. The highest BCUT2D eigenvalue weighted by molar-refractivity contribution is 9.15. The van der Waals surface area contributed by atoms with Crippen molar-refractivity contribution in [3.63, 3.8) is 0 Å². The van der Waals surface area contributed by atoms with Gasteiger partial charge in [-0.2, -0.15) is 8.42 Å². The largest absolute Gasteiger partial charge is 0.461 e. The summed E-state index contributed by atoms with van der Waals surface area (Å²) >= 11 is 16.4. The van der Waals surface area contributed by atoms with E-state index >= 15 is 0 Å². The molecule has 0 unspecified atom stereocenters. The van der Waals surface area contributed by atoms with Crippen LogP contribution in [-0.2, 0) is 14.9 Å². The fourth-order valence-electron chi connectivity index (χ4n) is 1.10. The Morgan fingerprint density at radius 1 is 0.950 bits per heavy atom. The molecule has 5 nitrogen and oxygen atoms in total.